The van der Waals surface area contributed by atoms with Crippen molar-refractivity contribution in [2.45, 2.75) is 27.2 Å². The van der Waals surface area contributed by atoms with Gasteiger partial charge >= 0.3 is 0 Å². The minimum absolute atomic E-state index is 0.151. The first-order valence-corrected chi connectivity index (χ1v) is 3.73. The van der Waals surface area contributed by atoms with Gasteiger partial charge in [-0.2, -0.15) is 0 Å². The largest absolute Gasteiger partial charge is 0.300 e. The summed E-state index contributed by atoms with van der Waals surface area (Å²) in [5.74, 6) is 2.84. The minimum Gasteiger partial charge on any atom is -0.300 e. The molecule has 0 amide bonds. The molecular weight excluding hydrogens is 160 g/mol. The third kappa shape index (κ3) is 4.64. The number of rotatable bonds is 2. The lowest BCUT2D eigenvalue weighted by atomic mass is 10.1. The number of halogens is 1. The van der Waals surface area contributed by atoms with Crippen molar-refractivity contribution in [3.05, 3.63) is 11.1 Å². The lowest BCUT2D eigenvalue weighted by molar-refractivity contribution is -0.116. The van der Waals surface area contributed by atoms with Crippen LogP contribution in [0.1, 0.15) is 27.2 Å². The molecule has 0 fully saturated rings. The second-order valence-corrected chi connectivity index (χ2v) is 2.69. The molecule has 0 aliphatic carbocycles. The molecule has 0 heterocycles. The zero-order chi connectivity index (χ0) is 8.85. The predicted molar refractivity (Wildman–Crippen MR) is 47.3 cm³/mol. The van der Waals surface area contributed by atoms with E-state index in [4.69, 9.17) is 11.6 Å². The van der Waals surface area contributed by atoms with Crippen molar-refractivity contribution in [1.29, 1.82) is 0 Å². The molecule has 11 heavy (non-hydrogen) atoms. The molecule has 1 nitrogen and oxygen atoms in total. The van der Waals surface area contributed by atoms with E-state index in [1.165, 1.54) is 0 Å². The van der Waals surface area contributed by atoms with E-state index < -0.39 is 0 Å². The van der Waals surface area contributed by atoms with Crippen LogP contribution >= 0.6 is 11.6 Å². The molecule has 0 aromatic heterocycles. The summed E-state index contributed by atoms with van der Waals surface area (Å²) in [6.07, 6.45) is 0.470. The molecule has 0 aliphatic heterocycles. The van der Waals surface area contributed by atoms with Crippen molar-refractivity contribution in [3.8, 4) is 11.3 Å². The van der Waals surface area contributed by atoms with Gasteiger partial charge in [-0.15, -0.1) is 0 Å². The summed E-state index contributed by atoms with van der Waals surface area (Å²) < 4.78 is 0. The van der Waals surface area contributed by atoms with Crippen LogP contribution in [0.5, 0.6) is 0 Å². The molecule has 0 radical (unpaired) electrons. The molecule has 0 aliphatic rings. The lowest BCUT2D eigenvalue weighted by Gasteiger charge is -1.97. The predicted octanol–water partition coefficient (Wildman–Crippen LogP) is 2.50. The molecule has 0 saturated heterocycles. The zero-order valence-corrected chi connectivity index (χ0v) is 7.75. The SMILES string of the molecule is CC(=O)C/C(C)=C(\C)C#CCl. The Morgan fingerprint density at radius 2 is 1.91 bits per heavy atom. The van der Waals surface area contributed by atoms with Gasteiger partial charge in [0.05, 0.1) is 0 Å². The Kier molecular flexibility index (Phi) is 4.65. The monoisotopic (exact) mass is 170 g/mol. The van der Waals surface area contributed by atoms with E-state index in [1.807, 2.05) is 13.8 Å². The van der Waals surface area contributed by atoms with Gasteiger partial charge in [-0.25, -0.2) is 0 Å². The average Bonchev–Trinajstić information content (AvgIpc) is 1.86. The molecule has 0 bridgehead atoms. The Bertz CT molecular complexity index is 240. The van der Waals surface area contributed by atoms with Gasteiger partial charge in [-0.05, 0) is 37.9 Å². The number of carbonyl (C=O) groups is 1. The fourth-order valence-corrected chi connectivity index (χ4v) is 0.825. The lowest BCUT2D eigenvalue weighted by Crippen LogP contribution is -1.92. The summed E-state index contributed by atoms with van der Waals surface area (Å²) in [6.45, 7) is 5.30. The van der Waals surface area contributed by atoms with Crippen LogP contribution in [0.15, 0.2) is 11.1 Å². The van der Waals surface area contributed by atoms with Crippen LogP contribution in [0, 0.1) is 11.3 Å². The van der Waals surface area contributed by atoms with Crippen LogP contribution in [-0.2, 0) is 4.79 Å². The fraction of sp³-hybridized carbons (Fsp3) is 0.444. The van der Waals surface area contributed by atoms with Gasteiger partial charge in [-0.1, -0.05) is 11.5 Å². The van der Waals surface area contributed by atoms with E-state index in [2.05, 4.69) is 11.3 Å². The highest BCUT2D eigenvalue weighted by atomic mass is 35.5. The highest BCUT2D eigenvalue weighted by molar-refractivity contribution is 6.30. The van der Waals surface area contributed by atoms with Crippen molar-refractivity contribution < 1.29 is 4.79 Å². The third-order valence-electron chi connectivity index (χ3n) is 1.39. The first kappa shape index (κ1) is 10.3. The third-order valence-corrected chi connectivity index (χ3v) is 1.48. The van der Waals surface area contributed by atoms with Crippen molar-refractivity contribution in [2.75, 3.05) is 0 Å². The van der Waals surface area contributed by atoms with Crippen molar-refractivity contribution in [1.82, 2.24) is 0 Å². The molecule has 0 spiro atoms. The van der Waals surface area contributed by atoms with Gasteiger partial charge in [0.25, 0.3) is 0 Å². The summed E-state index contributed by atoms with van der Waals surface area (Å²) in [5.41, 5.74) is 1.88. The molecular formula is C9H11ClO. The second kappa shape index (κ2) is 4.98. The molecule has 0 aromatic rings. The summed E-state index contributed by atoms with van der Waals surface area (Å²) in [4.78, 5) is 10.6. The average molecular weight is 171 g/mol. The quantitative estimate of drug-likeness (QED) is 0.582. The Morgan fingerprint density at radius 3 is 2.27 bits per heavy atom. The van der Waals surface area contributed by atoms with E-state index in [-0.39, 0.29) is 5.78 Å². The molecule has 2 heteroatoms. The van der Waals surface area contributed by atoms with Crippen LogP contribution in [-0.4, -0.2) is 5.78 Å². The summed E-state index contributed by atoms with van der Waals surface area (Å²) in [5, 5.41) is 2.27. The Balaban J connectivity index is 4.36. The number of hydrogen-bond donors (Lipinski definition) is 0. The van der Waals surface area contributed by atoms with Crippen LogP contribution in [0.25, 0.3) is 0 Å². The molecule has 0 rings (SSSR count). The topological polar surface area (TPSA) is 17.1 Å². The molecule has 60 valence electrons. The first-order chi connectivity index (χ1) is 5.07. The summed E-state index contributed by atoms with van der Waals surface area (Å²) in [6, 6.07) is 0. The van der Waals surface area contributed by atoms with Gasteiger partial charge in [0.1, 0.15) is 5.78 Å². The van der Waals surface area contributed by atoms with Gasteiger partial charge in [-0.3, -0.25) is 4.79 Å². The highest BCUT2D eigenvalue weighted by Crippen LogP contribution is 2.06. The smallest absolute Gasteiger partial charge is 0.133 e. The van der Waals surface area contributed by atoms with E-state index in [9.17, 15) is 4.79 Å². The van der Waals surface area contributed by atoms with E-state index >= 15 is 0 Å². The molecule has 0 aromatic carbocycles. The Morgan fingerprint density at radius 1 is 1.36 bits per heavy atom. The zero-order valence-electron chi connectivity index (χ0n) is 6.99. The number of carbonyl (C=O) groups excluding carboxylic acids is 1. The van der Waals surface area contributed by atoms with Crippen LogP contribution in [0.3, 0.4) is 0 Å². The van der Waals surface area contributed by atoms with E-state index in [0.717, 1.165) is 11.1 Å². The normalized spacial score (nSPS) is 11.3. The van der Waals surface area contributed by atoms with Gasteiger partial charge in [0.15, 0.2) is 0 Å². The van der Waals surface area contributed by atoms with Gasteiger partial charge < -0.3 is 0 Å². The minimum atomic E-state index is 0.151. The maximum atomic E-state index is 10.6. The second-order valence-electron chi connectivity index (χ2n) is 2.50. The molecule has 0 saturated carbocycles. The van der Waals surface area contributed by atoms with Crippen LogP contribution in [0.2, 0.25) is 0 Å². The van der Waals surface area contributed by atoms with E-state index in [1.54, 1.807) is 6.92 Å². The number of allylic oxidation sites excluding steroid dienone is 2. The van der Waals surface area contributed by atoms with Crippen molar-refractivity contribution in [3.63, 3.8) is 0 Å². The Hall–Kier alpha value is -0.740. The van der Waals surface area contributed by atoms with Crippen LogP contribution < -0.4 is 0 Å². The maximum absolute atomic E-state index is 10.6. The number of Topliss-reactive ketones (excluding diaryl/α,β-unsaturated/α-hetero) is 1. The summed E-state index contributed by atoms with van der Waals surface area (Å²) in [7, 11) is 0. The fourth-order valence-electron chi connectivity index (χ4n) is 0.684. The first-order valence-electron chi connectivity index (χ1n) is 3.35. The number of hydrogen-bond acceptors (Lipinski definition) is 1. The van der Waals surface area contributed by atoms with Gasteiger partial charge in [0, 0.05) is 11.8 Å². The Labute approximate surface area is 72.4 Å². The summed E-state index contributed by atoms with van der Waals surface area (Å²) >= 11 is 5.20. The maximum Gasteiger partial charge on any atom is 0.133 e. The molecule has 0 N–H and O–H groups in total. The molecule has 0 unspecified atom stereocenters. The highest BCUT2D eigenvalue weighted by Gasteiger charge is 1.97. The van der Waals surface area contributed by atoms with Crippen molar-refractivity contribution >= 4 is 17.4 Å². The van der Waals surface area contributed by atoms with Gasteiger partial charge in [0.2, 0.25) is 0 Å². The molecule has 0 atom stereocenters. The van der Waals surface area contributed by atoms with Crippen LogP contribution in [0.4, 0.5) is 0 Å². The van der Waals surface area contributed by atoms with Crippen molar-refractivity contribution in [2.24, 2.45) is 0 Å². The number of ketones is 1. The standard InChI is InChI=1S/C9H11ClO/c1-7(4-5-10)8(2)6-9(3)11/h6H2,1-3H3/b8-7+. The van der Waals surface area contributed by atoms with E-state index in [0.29, 0.717) is 6.42 Å².